The molecule has 0 aromatic heterocycles. The summed E-state index contributed by atoms with van der Waals surface area (Å²) in [5.74, 6) is -0.377. The minimum atomic E-state index is -0.547. The first kappa shape index (κ1) is 11.0. The molecule has 68 valence electrons. The van der Waals surface area contributed by atoms with Crippen LogP contribution in [0, 0.1) is 11.3 Å². The molecule has 0 saturated carbocycles. The van der Waals surface area contributed by atoms with Crippen molar-refractivity contribution in [1.29, 1.82) is 5.26 Å². The number of hydrogen-bond donors (Lipinski definition) is 0. The largest absolute Gasteiger partial charge is 0.447 e. The number of nitriles is 1. The van der Waals surface area contributed by atoms with Crippen LogP contribution in [0.5, 0.6) is 0 Å². The lowest BCUT2D eigenvalue weighted by atomic mass is 10.1. The maximum atomic E-state index is 10.5. The molecular weight excluding hydrogens is 154 g/mol. The van der Waals surface area contributed by atoms with Crippen molar-refractivity contribution in [3.8, 4) is 6.07 Å². The van der Waals surface area contributed by atoms with E-state index < -0.39 is 6.10 Å². The van der Waals surface area contributed by atoms with Gasteiger partial charge in [-0.25, -0.2) is 0 Å². The number of ether oxygens (including phenoxy) is 1. The van der Waals surface area contributed by atoms with Crippen molar-refractivity contribution in [1.82, 2.24) is 0 Å². The smallest absolute Gasteiger partial charge is 0.303 e. The van der Waals surface area contributed by atoms with E-state index in [0.717, 1.165) is 19.3 Å². The Kier molecular flexibility index (Phi) is 6.08. The number of carbonyl (C=O) groups is 1. The number of rotatable bonds is 5. The highest BCUT2D eigenvalue weighted by atomic mass is 16.5. The highest BCUT2D eigenvalue weighted by Gasteiger charge is 2.08. The predicted octanol–water partition coefficient (Wildman–Crippen LogP) is 2.02. The number of unbranched alkanes of at least 4 members (excludes halogenated alkanes) is 2. The average Bonchev–Trinajstić information content (AvgIpc) is 2.02. The zero-order valence-electron chi connectivity index (χ0n) is 7.67. The van der Waals surface area contributed by atoms with Crippen LogP contribution in [0.3, 0.4) is 0 Å². The molecule has 0 bridgehead atoms. The minimum Gasteiger partial charge on any atom is -0.447 e. The summed E-state index contributed by atoms with van der Waals surface area (Å²) in [6.45, 7) is 3.41. The zero-order valence-corrected chi connectivity index (χ0v) is 7.67. The molecule has 0 rings (SSSR count). The van der Waals surface area contributed by atoms with Gasteiger partial charge in [0.05, 0.1) is 0 Å². The molecule has 0 aliphatic rings. The lowest BCUT2D eigenvalue weighted by molar-refractivity contribution is -0.144. The molecule has 0 radical (unpaired) electrons. The van der Waals surface area contributed by atoms with Gasteiger partial charge in [-0.1, -0.05) is 19.8 Å². The molecule has 0 fully saturated rings. The van der Waals surface area contributed by atoms with Crippen molar-refractivity contribution >= 4 is 5.97 Å². The minimum absolute atomic E-state index is 0.377. The quantitative estimate of drug-likeness (QED) is 0.467. The Labute approximate surface area is 73.3 Å². The molecule has 3 heteroatoms. The van der Waals surface area contributed by atoms with Crippen LogP contribution in [0.2, 0.25) is 0 Å². The predicted molar refractivity (Wildman–Crippen MR) is 45.3 cm³/mol. The van der Waals surface area contributed by atoms with Gasteiger partial charge < -0.3 is 4.74 Å². The Balaban J connectivity index is 3.55. The van der Waals surface area contributed by atoms with Crippen LogP contribution in [-0.2, 0) is 9.53 Å². The van der Waals surface area contributed by atoms with E-state index in [1.165, 1.54) is 6.92 Å². The maximum Gasteiger partial charge on any atom is 0.303 e. The molecular formula is C9H15NO2. The fraction of sp³-hybridized carbons (Fsp3) is 0.778. The Morgan fingerprint density at radius 3 is 2.67 bits per heavy atom. The molecule has 0 aromatic rings. The molecule has 0 N–H and O–H groups in total. The number of nitrogens with zero attached hydrogens (tertiary/aromatic N) is 1. The molecule has 0 saturated heterocycles. The van der Waals surface area contributed by atoms with Crippen molar-refractivity contribution in [2.75, 3.05) is 0 Å². The van der Waals surface area contributed by atoms with Crippen LogP contribution in [0.4, 0.5) is 0 Å². The van der Waals surface area contributed by atoms with Gasteiger partial charge in [0.15, 0.2) is 6.10 Å². The normalized spacial score (nSPS) is 11.8. The maximum absolute atomic E-state index is 10.5. The molecule has 0 amide bonds. The fourth-order valence-electron chi connectivity index (χ4n) is 0.930. The Hall–Kier alpha value is -1.04. The van der Waals surface area contributed by atoms with E-state index in [1.807, 2.05) is 6.07 Å². The van der Waals surface area contributed by atoms with E-state index in [1.54, 1.807) is 0 Å². The van der Waals surface area contributed by atoms with Crippen LogP contribution < -0.4 is 0 Å². The first-order valence-electron chi connectivity index (χ1n) is 4.27. The first-order valence-corrected chi connectivity index (χ1v) is 4.27. The summed E-state index contributed by atoms with van der Waals surface area (Å²) in [4.78, 5) is 10.5. The van der Waals surface area contributed by atoms with E-state index in [9.17, 15) is 4.79 Å². The summed E-state index contributed by atoms with van der Waals surface area (Å²) < 4.78 is 4.75. The third kappa shape index (κ3) is 5.72. The van der Waals surface area contributed by atoms with Gasteiger partial charge in [0.1, 0.15) is 6.07 Å². The van der Waals surface area contributed by atoms with Gasteiger partial charge in [0.2, 0.25) is 0 Å². The van der Waals surface area contributed by atoms with Crippen LogP contribution in [0.1, 0.15) is 39.5 Å². The lowest BCUT2D eigenvalue weighted by Crippen LogP contribution is -2.13. The Bertz CT molecular complexity index is 172. The van der Waals surface area contributed by atoms with Gasteiger partial charge in [-0.05, 0) is 12.8 Å². The number of hydrogen-bond acceptors (Lipinski definition) is 3. The highest BCUT2D eigenvalue weighted by Crippen LogP contribution is 2.05. The van der Waals surface area contributed by atoms with Crippen molar-refractivity contribution in [2.24, 2.45) is 0 Å². The summed E-state index contributed by atoms with van der Waals surface area (Å²) in [6.07, 6.45) is 3.25. The second-order valence-corrected chi connectivity index (χ2v) is 2.72. The van der Waals surface area contributed by atoms with Gasteiger partial charge in [-0.3, -0.25) is 4.79 Å². The van der Waals surface area contributed by atoms with Crippen LogP contribution >= 0.6 is 0 Å². The standard InChI is InChI=1S/C9H15NO2/c1-3-4-5-6-9(7-10)12-8(2)11/h9H,3-6H2,1-2H3. The molecule has 3 nitrogen and oxygen atoms in total. The molecule has 0 aliphatic carbocycles. The third-order valence-corrected chi connectivity index (χ3v) is 1.52. The van der Waals surface area contributed by atoms with E-state index in [2.05, 4.69) is 6.92 Å². The fourth-order valence-corrected chi connectivity index (χ4v) is 0.930. The lowest BCUT2D eigenvalue weighted by Gasteiger charge is -2.07. The summed E-state index contributed by atoms with van der Waals surface area (Å²) in [5, 5.41) is 8.55. The molecule has 0 spiro atoms. The molecule has 12 heavy (non-hydrogen) atoms. The highest BCUT2D eigenvalue weighted by molar-refractivity contribution is 5.66. The van der Waals surface area contributed by atoms with Crippen LogP contribution in [0.25, 0.3) is 0 Å². The Morgan fingerprint density at radius 2 is 2.25 bits per heavy atom. The van der Waals surface area contributed by atoms with Gasteiger partial charge in [-0.2, -0.15) is 5.26 Å². The third-order valence-electron chi connectivity index (χ3n) is 1.52. The second-order valence-electron chi connectivity index (χ2n) is 2.72. The monoisotopic (exact) mass is 169 g/mol. The average molecular weight is 169 g/mol. The second kappa shape index (κ2) is 6.66. The van der Waals surface area contributed by atoms with Crippen LogP contribution in [0.15, 0.2) is 0 Å². The van der Waals surface area contributed by atoms with Crippen LogP contribution in [-0.4, -0.2) is 12.1 Å². The molecule has 0 aromatic carbocycles. The molecule has 0 heterocycles. The SMILES string of the molecule is CCCCCC(C#N)OC(C)=O. The molecule has 1 atom stereocenters. The summed E-state index contributed by atoms with van der Waals surface area (Å²) in [6, 6.07) is 1.95. The first-order chi connectivity index (χ1) is 5.70. The molecule has 1 unspecified atom stereocenters. The van der Waals surface area contributed by atoms with Crippen molar-refractivity contribution in [2.45, 2.75) is 45.6 Å². The van der Waals surface area contributed by atoms with Crippen molar-refractivity contribution in [3.63, 3.8) is 0 Å². The van der Waals surface area contributed by atoms with E-state index in [-0.39, 0.29) is 5.97 Å². The number of esters is 1. The Morgan fingerprint density at radius 1 is 1.58 bits per heavy atom. The zero-order chi connectivity index (χ0) is 9.40. The van der Waals surface area contributed by atoms with Crippen molar-refractivity contribution in [3.05, 3.63) is 0 Å². The number of carbonyl (C=O) groups excluding carboxylic acids is 1. The van der Waals surface area contributed by atoms with E-state index >= 15 is 0 Å². The van der Waals surface area contributed by atoms with Gasteiger partial charge >= 0.3 is 5.97 Å². The van der Waals surface area contributed by atoms with E-state index in [4.69, 9.17) is 10.00 Å². The topological polar surface area (TPSA) is 50.1 Å². The molecule has 0 aliphatic heterocycles. The summed E-state index contributed by atoms with van der Waals surface area (Å²) in [7, 11) is 0. The van der Waals surface area contributed by atoms with Gasteiger partial charge in [-0.15, -0.1) is 0 Å². The van der Waals surface area contributed by atoms with Gasteiger partial charge in [0.25, 0.3) is 0 Å². The summed E-state index contributed by atoms with van der Waals surface area (Å²) in [5.41, 5.74) is 0. The van der Waals surface area contributed by atoms with Gasteiger partial charge in [0, 0.05) is 6.92 Å². The van der Waals surface area contributed by atoms with E-state index in [0.29, 0.717) is 6.42 Å². The van der Waals surface area contributed by atoms with Crippen molar-refractivity contribution < 1.29 is 9.53 Å². The summed E-state index contributed by atoms with van der Waals surface area (Å²) >= 11 is 0.